The number of carbonyl (C=O) groups excluding carboxylic acids is 2. The first-order chi connectivity index (χ1) is 41.5. The molecule has 0 saturated carbocycles. The number of amides is 1. The van der Waals surface area contributed by atoms with Gasteiger partial charge in [0, 0.05) is 12.8 Å². The first-order valence-electron chi connectivity index (χ1n) is 38.9. The summed E-state index contributed by atoms with van der Waals surface area (Å²) in [6.07, 6.45) is 92.9. The van der Waals surface area contributed by atoms with Crippen LogP contribution >= 0.6 is 0 Å². The van der Waals surface area contributed by atoms with Crippen molar-refractivity contribution < 1.29 is 24.5 Å². The summed E-state index contributed by atoms with van der Waals surface area (Å²) in [5, 5.41) is 23.4. The summed E-state index contributed by atoms with van der Waals surface area (Å²) in [5.74, 6) is -0.00588. The topological polar surface area (TPSA) is 95.9 Å². The molecule has 0 aromatic rings. The maximum absolute atomic E-state index is 12.6. The Morgan fingerprint density at radius 1 is 0.321 bits per heavy atom. The van der Waals surface area contributed by atoms with Gasteiger partial charge in [-0.3, -0.25) is 9.59 Å². The van der Waals surface area contributed by atoms with E-state index >= 15 is 0 Å². The van der Waals surface area contributed by atoms with Crippen LogP contribution in [0.25, 0.3) is 0 Å². The van der Waals surface area contributed by atoms with Gasteiger partial charge in [-0.2, -0.15) is 0 Å². The van der Waals surface area contributed by atoms with Crippen LogP contribution in [-0.2, 0) is 14.3 Å². The Morgan fingerprint density at radius 3 is 0.845 bits per heavy atom. The van der Waals surface area contributed by atoms with Crippen molar-refractivity contribution in [2.45, 2.75) is 463 Å². The molecule has 1 amide bonds. The minimum atomic E-state index is -0.662. The Labute approximate surface area is 527 Å². The van der Waals surface area contributed by atoms with E-state index in [1.165, 1.54) is 379 Å². The van der Waals surface area contributed by atoms with Gasteiger partial charge >= 0.3 is 5.97 Å². The van der Waals surface area contributed by atoms with Crippen LogP contribution in [-0.4, -0.2) is 47.4 Å². The van der Waals surface area contributed by atoms with E-state index in [0.29, 0.717) is 25.9 Å². The van der Waals surface area contributed by atoms with Crippen LogP contribution in [0.3, 0.4) is 0 Å². The van der Waals surface area contributed by atoms with Gasteiger partial charge in [-0.25, -0.2) is 0 Å². The number of carbonyl (C=O) groups is 2. The molecule has 0 bridgehead atoms. The third kappa shape index (κ3) is 69.7. The van der Waals surface area contributed by atoms with Crippen LogP contribution in [0.4, 0.5) is 0 Å². The number of ether oxygens (including phenoxy) is 1. The van der Waals surface area contributed by atoms with Crippen LogP contribution in [0.1, 0.15) is 450 Å². The molecule has 0 aromatic heterocycles. The summed E-state index contributed by atoms with van der Waals surface area (Å²) >= 11 is 0. The highest BCUT2D eigenvalue weighted by Gasteiger charge is 2.20. The molecular formula is C78H153NO5. The molecule has 0 radical (unpaired) electrons. The quantitative estimate of drug-likeness (QED) is 0.0320. The highest BCUT2D eigenvalue weighted by molar-refractivity contribution is 5.76. The Kier molecular flexibility index (Phi) is 72.8. The van der Waals surface area contributed by atoms with E-state index in [1.807, 2.05) is 0 Å². The van der Waals surface area contributed by atoms with E-state index in [4.69, 9.17) is 4.74 Å². The second-order valence-corrected chi connectivity index (χ2v) is 27.0. The van der Waals surface area contributed by atoms with E-state index in [2.05, 4.69) is 31.3 Å². The molecule has 0 aromatic carbocycles. The van der Waals surface area contributed by atoms with Gasteiger partial charge in [0.1, 0.15) is 0 Å². The van der Waals surface area contributed by atoms with E-state index < -0.39 is 12.1 Å². The predicted molar refractivity (Wildman–Crippen MR) is 370 cm³/mol. The number of rotatable bonds is 74. The van der Waals surface area contributed by atoms with Crippen molar-refractivity contribution in [3.63, 3.8) is 0 Å². The molecule has 0 aliphatic heterocycles. The number of hydrogen-bond acceptors (Lipinski definition) is 5. The van der Waals surface area contributed by atoms with Crippen LogP contribution in [0, 0.1) is 0 Å². The first kappa shape index (κ1) is 82.6. The molecule has 0 heterocycles. The maximum atomic E-state index is 12.6. The monoisotopic (exact) mass is 1180 g/mol. The van der Waals surface area contributed by atoms with E-state index in [1.54, 1.807) is 0 Å². The normalized spacial score (nSPS) is 12.5. The number of esters is 1. The summed E-state index contributed by atoms with van der Waals surface area (Å²) in [5.41, 5.74) is 0. The zero-order valence-electron chi connectivity index (χ0n) is 57.4. The molecule has 6 heteroatoms. The lowest BCUT2D eigenvalue weighted by Gasteiger charge is -2.22. The van der Waals surface area contributed by atoms with Crippen LogP contribution in [0.2, 0.25) is 0 Å². The largest absolute Gasteiger partial charge is 0.466 e. The summed E-state index contributed by atoms with van der Waals surface area (Å²) in [4.78, 5) is 24.7. The van der Waals surface area contributed by atoms with Gasteiger partial charge in [-0.1, -0.05) is 398 Å². The molecular weight excluding hydrogens is 1030 g/mol. The number of aliphatic hydroxyl groups is 2. The molecule has 0 aliphatic rings. The van der Waals surface area contributed by atoms with Crippen LogP contribution in [0.5, 0.6) is 0 Å². The van der Waals surface area contributed by atoms with Gasteiger partial charge in [0.05, 0.1) is 25.4 Å². The maximum Gasteiger partial charge on any atom is 0.305 e. The zero-order valence-corrected chi connectivity index (χ0v) is 57.4. The molecule has 2 unspecified atom stereocenters. The zero-order chi connectivity index (χ0) is 60.6. The van der Waals surface area contributed by atoms with Gasteiger partial charge in [0.2, 0.25) is 5.91 Å². The molecule has 84 heavy (non-hydrogen) atoms. The SMILES string of the molecule is CCCCCCCC/C=C\CCCCCCCCCCCC(=O)OCCCCCCCCCCCCCCCCCCCCCCCCCCCCCCCC(=O)NC(CO)C(O)CCCCCCCCCCCCCCCCCCCCC. The standard InChI is InChI=1S/C78H153NO5/c1-3-5-7-9-11-13-15-17-19-21-34-38-42-46-50-54-58-62-66-70-76(81)75(74-80)79-77(82)71-67-63-59-55-51-47-43-39-36-32-30-28-26-24-23-25-27-29-31-33-37-41-45-49-53-57-61-65-69-73-84-78(83)72-68-64-60-56-52-48-44-40-35-22-20-18-16-14-12-10-8-6-4-2/h18,20,75-76,80-81H,3-17,19,21-74H2,1-2H3,(H,79,82)/b20-18-. The summed E-state index contributed by atoms with van der Waals surface area (Å²) in [6.45, 7) is 5.00. The van der Waals surface area contributed by atoms with E-state index in [-0.39, 0.29) is 18.5 Å². The average Bonchev–Trinajstić information content (AvgIpc) is 3.51. The molecule has 0 fully saturated rings. The van der Waals surface area contributed by atoms with Gasteiger partial charge in [-0.15, -0.1) is 0 Å². The number of nitrogens with one attached hydrogen (secondary N) is 1. The fourth-order valence-electron chi connectivity index (χ4n) is 12.6. The van der Waals surface area contributed by atoms with E-state index in [0.717, 1.165) is 38.5 Å². The molecule has 6 nitrogen and oxygen atoms in total. The third-order valence-electron chi connectivity index (χ3n) is 18.6. The lowest BCUT2D eigenvalue weighted by Crippen LogP contribution is -2.45. The van der Waals surface area contributed by atoms with Crippen LogP contribution in [0.15, 0.2) is 12.2 Å². The second kappa shape index (κ2) is 74.1. The molecule has 2 atom stereocenters. The van der Waals surface area contributed by atoms with Crippen molar-refractivity contribution in [2.24, 2.45) is 0 Å². The Hall–Kier alpha value is -1.40. The lowest BCUT2D eigenvalue weighted by molar-refractivity contribution is -0.143. The fraction of sp³-hybridized carbons (Fsp3) is 0.949. The minimum Gasteiger partial charge on any atom is -0.466 e. The third-order valence-corrected chi connectivity index (χ3v) is 18.6. The van der Waals surface area contributed by atoms with Crippen molar-refractivity contribution >= 4 is 11.9 Å². The average molecular weight is 1190 g/mol. The molecule has 0 saturated heterocycles. The molecule has 500 valence electrons. The smallest absolute Gasteiger partial charge is 0.305 e. The Balaban J connectivity index is 3.32. The highest BCUT2D eigenvalue weighted by Crippen LogP contribution is 2.20. The van der Waals surface area contributed by atoms with E-state index in [9.17, 15) is 19.8 Å². The number of aliphatic hydroxyl groups excluding tert-OH is 2. The number of unbranched alkanes of at least 4 members (excludes halogenated alkanes) is 61. The minimum absolute atomic E-state index is 0.0204. The Morgan fingerprint density at radius 2 is 0.560 bits per heavy atom. The van der Waals surface area contributed by atoms with Crippen molar-refractivity contribution in [3.05, 3.63) is 12.2 Å². The summed E-state index contributed by atoms with van der Waals surface area (Å²) in [6, 6.07) is -0.539. The van der Waals surface area contributed by atoms with Gasteiger partial charge in [0.15, 0.2) is 0 Å². The van der Waals surface area contributed by atoms with Crippen molar-refractivity contribution in [1.29, 1.82) is 0 Å². The van der Waals surface area contributed by atoms with Crippen molar-refractivity contribution in [2.75, 3.05) is 13.2 Å². The Bertz CT molecular complexity index is 1270. The summed E-state index contributed by atoms with van der Waals surface area (Å²) in [7, 11) is 0. The van der Waals surface area contributed by atoms with Gasteiger partial charge < -0.3 is 20.3 Å². The second-order valence-electron chi connectivity index (χ2n) is 27.0. The van der Waals surface area contributed by atoms with Crippen LogP contribution < -0.4 is 5.32 Å². The number of allylic oxidation sites excluding steroid dienone is 2. The molecule has 0 aliphatic carbocycles. The molecule has 0 spiro atoms. The van der Waals surface area contributed by atoms with Crippen molar-refractivity contribution in [3.8, 4) is 0 Å². The first-order valence-corrected chi connectivity index (χ1v) is 38.9. The van der Waals surface area contributed by atoms with Gasteiger partial charge in [-0.05, 0) is 51.4 Å². The highest BCUT2D eigenvalue weighted by atomic mass is 16.5. The lowest BCUT2D eigenvalue weighted by atomic mass is 10.0. The fourth-order valence-corrected chi connectivity index (χ4v) is 12.6. The van der Waals surface area contributed by atoms with Crippen molar-refractivity contribution in [1.82, 2.24) is 5.32 Å². The summed E-state index contributed by atoms with van der Waals surface area (Å²) < 4.78 is 5.52. The molecule has 3 N–H and O–H groups in total. The molecule has 0 rings (SSSR count). The number of hydrogen-bond donors (Lipinski definition) is 3. The predicted octanol–water partition coefficient (Wildman–Crippen LogP) is 25.5. The van der Waals surface area contributed by atoms with Gasteiger partial charge in [0.25, 0.3) is 0 Å².